The van der Waals surface area contributed by atoms with Gasteiger partial charge in [-0.25, -0.2) is 4.68 Å². The average Bonchev–Trinajstić information content (AvgIpc) is 3.55. The molecule has 160 valence electrons. The molecule has 2 amide bonds. The van der Waals surface area contributed by atoms with Gasteiger partial charge in [0.1, 0.15) is 11.4 Å². The van der Waals surface area contributed by atoms with Crippen molar-refractivity contribution in [1.29, 1.82) is 0 Å². The highest BCUT2D eigenvalue weighted by Crippen LogP contribution is 2.26. The minimum atomic E-state index is -0.0732. The number of thiophene rings is 1. The molecule has 0 saturated carbocycles. The molecule has 0 N–H and O–H groups in total. The predicted molar refractivity (Wildman–Crippen MR) is 125 cm³/mol. The zero-order valence-corrected chi connectivity index (χ0v) is 18.2. The van der Waals surface area contributed by atoms with Crippen molar-refractivity contribution in [2.24, 2.45) is 0 Å². The van der Waals surface area contributed by atoms with Crippen LogP contribution in [0.5, 0.6) is 0 Å². The van der Waals surface area contributed by atoms with Crippen LogP contribution in [-0.4, -0.2) is 57.6 Å². The summed E-state index contributed by atoms with van der Waals surface area (Å²) >= 11 is 1.60. The second-order valence-corrected chi connectivity index (χ2v) is 8.54. The Hall–Kier alpha value is -3.71. The molecular weight excluding hydrogens is 420 g/mol. The lowest BCUT2D eigenvalue weighted by molar-refractivity contribution is 0.0530. The second-order valence-electron chi connectivity index (χ2n) is 7.59. The molecule has 1 aliphatic heterocycles. The number of benzene rings is 2. The standard InChI is InChI=1S/C25H22N4O2S/c30-24(19-8-3-1-4-9-19)27-13-15-28(16-14-27)25(31)22-18-21(23-12-7-17-32-23)26-29(22)20-10-5-2-6-11-20/h1-12,17-18H,13-16H2. The fourth-order valence-corrected chi connectivity index (χ4v) is 4.56. The van der Waals surface area contributed by atoms with E-state index in [1.807, 2.05) is 94.0 Å². The molecule has 6 nitrogen and oxygen atoms in total. The first-order valence-corrected chi connectivity index (χ1v) is 11.4. The van der Waals surface area contributed by atoms with Gasteiger partial charge in [-0.05, 0) is 41.8 Å². The maximum atomic E-state index is 13.5. The van der Waals surface area contributed by atoms with Gasteiger partial charge in [-0.15, -0.1) is 11.3 Å². The highest BCUT2D eigenvalue weighted by atomic mass is 32.1. The summed E-state index contributed by atoms with van der Waals surface area (Å²) in [5, 5.41) is 6.74. The van der Waals surface area contributed by atoms with Crippen molar-refractivity contribution in [3.8, 4) is 16.3 Å². The Morgan fingerprint density at radius 1 is 0.750 bits per heavy atom. The number of piperazine rings is 1. The number of carbonyl (C=O) groups excluding carboxylic acids is 2. The summed E-state index contributed by atoms with van der Waals surface area (Å²) in [5.41, 5.74) is 2.83. The molecule has 1 saturated heterocycles. The first kappa shape index (κ1) is 20.2. The van der Waals surface area contributed by atoms with Crippen molar-refractivity contribution in [2.45, 2.75) is 0 Å². The Balaban J connectivity index is 1.37. The zero-order valence-electron chi connectivity index (χ0n) is 17.4. The Morgan fingerprint density at radius 3 is 2.00 bits per heavy atom. The lowest BCUT2D eigenvalue weighted by Crippen LogP contribution is -2.50. The van der Waals surface area contributed by atoms with E-state index in [1.54, 1.807) is 16.0 Å². The van der Waals surface area contributed by atoms with Crippen LogP contribution >= 0.6 is 11.3 Å². The van der Waals surface area contributed by atoms with Crippen molar-refractivity contribution in [3.05, 3.63) is 95.5 Å². The molecule has 2 aromatic heterocycles. The van der Waals surface area contributed by atoms with E-state index in [1.165, 1.54) is 0 Å². The average molecular weight is 443 g/mol. The van der Waals surface area contributed by atoms with Gasteiger partial charge in [0.25, 0.3) is 11.8 Å². The summed E-state index contributed by atoms with van der Waals surface area (Å²) in [6, 6.07) is 24.8. The lowest BCUT2D eigenvalue weighted by Gasteiger charge is -2.34. The summed E-state index contributed by atoms with van der Waals surface area (Å²) in [6.45, 7) is 2.00. The Bertz CT molecular complexity index is 1210. The van der Waals surface area contributed by atoms with Gasteiger partial charge in [0.05, 0.1) is 10.6 Å². The fourth-order valence-electron chi connectivity index (χ4n) is 3.88. The molecule has 0 atom stereocenters. The highest BCUT2D eigenvalue weighted by Gasteiger charge is 2.28. The lowest BCUT2D eigenvalue weighted by atomic mass is 10.2. The molecule has 32 heavy (non-hydrogen) atoms. The molecule has 3 heterocycles. The number of nitrogens with zero attached hydrogens (tertiary/aromatic N) is 4. The third-order valence-corrected chi connectivity index (χ3v) is 6.47. The minimum absolute atomic E-state index is 0.00649. The number of para-hydroxylation sites is 1. The smallest absolute Gasteiger partial charge is 0.272 e. The normalized spacial score (nSPS) is 13.9. The van der Waals surface area contributed by atoms with Gasteiger partial charge in [0, 0.05) is 31.7 Å². The van der Waals surface area contributed by atoms with E-state index in [-0.39, 0.29) is 11.8 Å². The van der Waals surface area contributed by atoms with E-state index in [4.69, 9.17) is 5.10 Å². The Labute approximate surface area is 190 Å². The minimum Gasteiger partial charge on any atom is -0.335 e. The molecule has 0 spiro atoms. The van der Waals surface area contributed by atoms with Crippen LogP contribution in [0.3, 0.4) is 0 Å². The van der Waals surface area contributed by atoms with Gasteiger partial charge in [-0.2, -0.15) is 5.10 Å². The largest absolute Gasteiger partial charge is 0.335 e. The zero-order chi connectivity index (χ0) is 21.9. The first-order valence-electron chi connectivity index (χ1n) is 10.5. The van der Waals surface area contributed by atoms with Crippen molar-refractivity contribution in [3.63, 3.8) is 0 Å². The van der Waals surface area contributed by atoms with Gasteiger partial charge in [0.2, 0.25) is 0 Å². The molecule has 4 aromatic rings. The van der Waals surface area contributed by atoms with Gasteiger partial charge >= 0.3 is 0 Å². The number of hydrogen-bond donors (Lipinski definition) is 0. The van der Waals surface area contributed by atoms with E-state index in [0.29, 0.717) is 37.4 Å². The Kier molecular flexibility index (Phi) is 5.56. The van der Waals surface area contributed by atoms with Crippen LogP contribution in [-0.2, 0) is 0 Å². The summed E-state index contributed by atoms with van der Waals surface area (Å²) in [6.07, 6.45) is 0. The highest BCUT2D eigenvalue weighted by molar-refractivity contribution is 7.13. The molecule has 2 aromatic carbocycles. The number of rotatable bonds is 4. The predicted octanol–water partition coefficient (Wildman–Crippen LogP) is 4.20. The third-order valence-electron chi connectivity index (χ3n) is 5.58. The van der Waals surface area contributed by atoms with E-state index < -0.39 is 0 Å². The van der Waals surface area contributed by atoms with Gasteiger partial charge in [0.15, 0.2) is 0 Å². The van der Waals surface area contributed by atoms with Crippen LogP contribution in [0.4, 0.5) is 0 Å². The quantitative estimate of drug-likeness (QED) is 0.476. The van der Waals surface area contributed by atoms with E-state index in [9.17, 15) is 9.59 Å². The monoisotopic (exact) mass is 442 g/mol. The summed E-state index contributed by atoms with van der Waals surface area (Å²) in [7, 11) is 0. The third kappa shape index (κ3) is 3.94. The maximum absolute atomic E-state index is 13.5. The van der Waals surface area contributed by atoms with E-state index in [2.05, 4.69) is 0 Å². The number of hydrogen-bond acceptors (Lipinski definition) is 4. The van der Waals surface area contributed by atoms with Crippen LogP contribution in [0.1, 0.15) is 20.8 Å². The van der Waals surface area contributed by atoms with Crippen LogP contribution < -0.4 is 0 Å². The molecule has 7 heteroatoms. The summed E-state index contributed by atoms with van der Waals surface area (Å²) in [5.74, 6) is -0.0667. The van der Waals surface area contributed by atoms with Crippen molar-refractivity contribution in [1.82, 2.24) is 19.6 Å². The van der Waals surface area contributed by atoms with Crippen molar-refractivity contribution >= 4 is 23.2 Å². The SMILES string of the molecule is O=C(c1ccccc1)N1CCN(C(=O)c2cc(-c3cccs3)nn2-c2ccccc2)CC1. The van der Waals surface area contributed by atoms with Crippen LogP contribution in [0, 0.1) is 0 Å². The molecule has 1 aliphatic rings. The number of carbonyl (C=O) groups is 2. The summed E-state index contributed by atoms with van der Waals surface area (Å²) in [4.78, 5) is 30.9. The molecule has 0 bridgehead atoms. The van der Waals surface area contributed by atoms with Gasteiger partial charge in [-0.3, -0.25) is 9.59 Å². The molecular formula is C25H22N4O2S. The van der Waals surface area contributed by atoms with Crippen molar-refractivity contribution in [2.75, 3.05) is 26.2 Å². The first-order chi connectivity index (χ1) is 15.7. The van der Waals surface area contributed by atoms with Gasteiger partial charge < -0.3 is 9.80 Å². The van der Waals surface area contributed by atoms with Gasteiger partial charge in [-0.1, -0.05) is 42.5 Å². The van der Waals surface area contributed by atoms with Crippen LogP contribution in [0.2, 0.25) is 0 Å². The summed E-state index contributed by atoms with van der Waals surface area (Å²) < 4.78 is 1.72. The van der Waals surface area contributed by atoms with E-state index in [0.717, 1.165) is 16.3 Å². The number of amides is 2. The molecule has 1 fully saturated rings. The topological polar surface area (TPSA) is 58.4 Å². The molecule has 0 aliphatic carbocycles. The number of aromatic nitrogens is 2. The Morgan fingerprint density at radius 2 is 1.38 bits per heavy atom. The van der Waals surface area contributed by atoms with Crippen LogP contribution in [0.25, 0.3) is 16.3 Å². The fraction of sp³-hybridized carbons (Fsp3) is 0.160. The van der Waals surface area contributed by atoms with Crippen LogP contribution in [0.15, 0.2) is 84.2 Å². The van der Waals surface area contributed by atoms with Crippen molar-refractivity contribution < 1.29 is 9.59 Å². The second kappa shape index (κ2) is 8.80. The molecule has 0 unspecified atom stereocenters. The molecule has 0 radical (unpaired) electrons. The van der Waals surface area contributed by atoms with E-state index >= 15 is 0 Å². The maximum Gasteiger partial charge on any atom is 0.272 e. The molecule has 5 rings (SSSR count).